The smallest absolute Gasteiger partial charge is 0.255 e. The van der Waals surface area contributed by atoms with E-state index in [0.29, 0.717) is 12.1 Å². The van der Waals surface area contributed by atoms with Crippen LogP contribution in [0.3, 0.4) is 0 Å². The lowest BCUT2D eigenvalue weighted by Gasteiger charge is -2.34. The second kappa shape index (κ2) is 6.32. The number of hydrogen-bond acceptors (Lipinski definition) is 3. The Morgan fingerprint density at radius 1 is 1.27 bits per heavy atom. The number of hydrogen-bond donors (Lipinski definition) is 3. The van der Waals surface area contributed by atoms with Gasteiger partial charge in [-0.15, -0.1) is 0 Å². The predicted octanol–water partition coefficient (Wildman–Crippen LogP) is 2.20. The van der Waals surface area contributed by atoms with E-state index in [-0.39, 0.29) is 11.3 Å². The number of benzene rings is 1. The summed E-state index contributed by atoms with van der Waals surface area (Å²) in [6.07, 6.45) is 3.77. The highest BCUT2D eigenvalue weighted by Gasteiger charge is 2.27. The zero-order chi connectivity index (χ0) is 15.4. The molecule has 1 fully saturated rings. The van der Waals surface area contributed by atoms with Gasteiger partial charge in [0.25, 0.3) is 5.91 Å². The Hall–Kier alpha value is -2.14. The fourth-order valence-corrected chi connectivity index (χ4v) is 2.88. The Bertz CT molecular complexity index is 629. The highest BCUT2D eigenvalue weighted by atomic mass is 16.1. The molecular weight excluding hydrogens is 276 g/mol. The van der Waals surface area contributed by atoms with Gasteiger partial charge in [0.1, 0.15) is 0 Å². The minimum atomic E-state index is -0.0626. The van der Waals surface area contributed by atoms with Crippen LogP contribution in [-0.4, -0.2) is 35.7 Å². The van der Waals surface area contributed by atoms with Crippen molar-refractivity contribution in [2.75, 3.05) is 19.6 Å². The average molecular weight is 298 g/mol. The van der Waals surface area contributed by atoms with Crippen LogP contribution in [0, 0.1) is 5.41 Å². The maximum atomic E-state index is 12.5. The molecule has 3 rings (SSSR count). The van der Waals surface area contributed by atoms with Gasteiger partial charge in [0.15, 0.2) is 0 Å². The number of amides is 1. The fourth-order valence-electron chi connectivity index (χ4n) is 2.88. The molecule has 0 radical (unpaired) electrons. The summed E-state index contributed by atoms with van der Waals surface area (Å²) in [5.41, 5.74) is 2.52. The first-order chi connectivity index (χ1) is 10.7. The van der Waals surface area contributed by atoms with Crippen molar-refractivity contribution < 1.29 is 4.79 Å². The highest BCUT2D eigenvalue weighted by Crippen LogP contribution is 2.27. The summed E-state index contributed by atoms with van der Waals surface area (Å²) in [6, 6.07) is 9.80. The summed E-state index contributed by atoms with van der Waals surface area (Å²) < 4.78 is 0. The Morgan fingerprint density at radius 3 is 2.73 bits per heavy atom. The lowest BCUT2D eigenvalue weighted by Crippen LogP contribution is -2.42. The molecule has 1 saturated heterocycles. The highest BCUT2D eigenvalue weighted by molar-refractivity contribution is 5.99. The number of piperidine rings is 1. The number of rotatable bonds is 4. The van der Waals surface area contributed by atoms with E-state index in [4.69, 9.17) is 0 Å². The number of carbonyl (C=O) groups is 1. The molecule has 22 heavy (non-hydrogen) atoms. The van der Waals surface area contributed by atoms with Gasteiger partial charge in [-0.25, -0.2) is 0 Å². The number of nitrogens with zero attached hydrogens (tertiary/aromatic N) is 1. The summed E-state index contributed by atoms with van der Waals surface area (Å²) in [5, 5.41) is 13.4. The van der Waals surface area contributed by atoms with Crippen molar-refractivity contribution in [3.63, 3.8) is 0 Å². The summed E-state index contributed by atoms with van der Waals surface area (Å²) in [5.74, 6) is -0.0626. The predicted molar refractivity (Wildman–Crippen MR) is 86.6 cm³/mol. The molecule has 0 atom stereocenters. The van der Waals surface area contributed by atoms with E-state index in [1.807, 2.05) is 30.3 Å². The minimum Gasteiger partial charge on any atom is -0.351 e. The van der Waals surface area contributed by atoms with Crippen molar-refractivity contribution in [2.24, 2.45) is 5.41 Å². The molecule has 5 nitrogen and oxygen atoms in total. The van der Waals surface area contributed by atoms with Crippen LogP contribution in [0.2, 0.25) is 0 Å². The minimum absolute atomic E-state index is 0.0626. The molecule has 1 aliphatic rings. The SMILES string of the molecule is CC1(CNC(=O)c2cn[nH]c2-c2ccccc2)CCNCC1. The Balaban J connectivity index is 1.70. The maximum Gasteiger partial charge on any atom is 0.255 e. The molecule has 3 N–H and O–H groups in total. The van der Waals surface area contributed by atoms with E-state index in [0.717, 1.165) is 37.2 Å². The average Bonchev–Trinajstić information content (AvgIpc) is 3.04. The lowest BCUT2D eigenvalue weighted by molar-refractivity contribution is 0.0923. The van der Waals surface area contributed by atoms with Crippen LogP contribution in [0.1, 0.15) is 30.1 Å². The topological polar surface area (TPSA) is 69.8 Å². The van der Waals surface area contributed by atoms with E-state index in [2.05, 4.69) is 27.8 Å². The normalized spacial score (nSPS) is 17.1. The van der Waals surface area contributed by atoms with Gasteiger partial charge in [0.05, 0.1) is 17.5 Å². The number of carbonyl (C=O) groups excluding carboxylic acids is 1. The first-order valence-electron chi connectivity index (χ1n) is 7.76. The molecule has 1 amide bonds. The molecule has 0 spiro atoms. The zero-order valence-corrected chi connectivity index (χ0v) is 12.9. The van der Waals surface area contributed by atoms with Crippen LogP contribution in [0.25, 0.3) is 11.3 Å². The molecule has 1 aromatic heterocycles. The van der Waals surface area contributed by atoms with Crippen LogP contribution >= 0.6 is 0 Å². The van der Waals surface area contributed by atoms with Crippen LogP contribution < -0.4 is 10.6 Å². The van der Waals surface area contributed by atoms with Crippen molar-refractivity contribution in [3.8, 4) is 11.3 Å². The molecule has 0 bridgehead atoms. The monoisotopic (exact) mass is 298 g/mol. The molecule has 1 aliphatic heterocycles. The van der Waals surface area contributed by atoms with E-state index in [1.165, 1.54) is 0 Å². The Kier molecular flexibility index (Phi) is 4.24. The molecule has 2 aromatic rings. The van der Waals surface area contributed by atoms with Crippen molar-refractivity contribution in [1.82, 2.24) is 20.8 Å². The van der Waals surface area contributed by atoms with E-state index in [9.17, 15) is 4.79 Å². The molecule has 5 heteroatoms. The van der Waals surface area contributed by atoms with Gasteiger partial charge in [-0.1, -0.05) is 37.3 Å². The van der Waals surface area contributed by atoms with Crippen LogP contribution in [0.4, 0.5) is 0 Å². The number of aromatic nitrogens is 2. The molecule has 1 aromatic carbocycles. The third kappa shape index (κ3) is 3.20. The van der Waals surface area contributed by atoms with Gasteiger partial charge >= 0.3 is 0 Å². The van der Waals surface area contributed by atoms with Crippen molar-refractivity contribution in [3.05, 3.63) is 42.1 Å². The second-order valence-electron chi connectivity index (χ2n) is 6.27. The van der Waals surface area contributed by atoms with Crippen molar-refractivity contribution in [2.45, 2.75) is 19.8 Å². The number of nitrogens with one attached hydrogen (secondary N) is 3. The quantitative estimate of drug-likeness (QED) is 0.810. The van der Waals surface area contributed by atoms with Gasteiger partial charge in [0.2, 0.25) is 0 Å². The van der Waals surface area contributed by atoms with Crippen molar-refractivity contribution >= 4 is 5.91 Å². The van der Waals surface area contributed by atoms with Gasteiger partial charge in [-0.3, -0.25) is 9.89 Å². The van der Waals surface area contributed by atoms with Gasteiger partial charge in [-0.2, -0.15) is 5.10 Å². The molecule has 0 aliphatic carbocycles. The summed E-state index contributed by atoms with van der Waals surface area (Å²) in [7, 11) is 0. The van der Waals surface area contributed by atoms with Gasteiger partial charge in [-0.05, 0) is 31.3 Å². The Labute approximate surface area is 130 Å². The van der Waals surface area contributed by atoms with E-state index < -0.39 is 0 Å². The first kappa shape index (κ1) is 14.8. The molecule has 116 valence electrons. The summed E-state index contributed by atoms with van der Waals surface area (Å²) in [6.45, 7) is 4.98. The van der Waals surface area contributed by atoms with Crippen LogP contribution in [-0.2, 0) is 0 Å². The maximum absolute atomic E-state index is 12.5. The first-order valence-corrected chi connectivity index (χ1v) is 7.76. The standard InChI is InChI=1S/C17H22N4O/c1-17(7-9-18-10-8-17)12-19-16(22)14-11-20-21-15(14)13-5-3-2-4-6-13/h2-6,11,18H,7-10,12H2,1H3,(H,19,22)(H,20,21). The van der Waals surface area contributed by atoms with Crippen LogP contribution in [0.15, 0.2) is 36.5 Å². The molecule has 0 unspecified atom stereocenters. The second-order valence-corrected chi connectivity index (χ2v) is 6.27. The van der Waals surface area contributed by atoms with Crippen LogP contribution in [0.5, 0.6) is 0 Å². The third-order valence-corrected chi connectivity index (χ3v) is 4.43. The zero-order valence-electron chi connectivity index (χ0n) is 12.9. The van der Waals surface area contributed by atoms with E-state index in [1.54, 1.807) is 6.20 Å². The third-order valence-electron chi connectivity index (χ3n) is 4.43. The molecule has 2 heterocycles. The van der Waals surface area contributed by atoms with Crippen molar-refractivity contribution in [1.29, 1.82) is 0 Å². The van der Waals surface area contributed by atoms with E-state index >= 15 is 0 Å². The van der Waals surface area contributed by atoms with Gasteiger partial charge in [0, 0.05) is 12.1 Å². The molecular formula is C17H22N4O. The van der Waals surface area contributed by atoms with Gasteiger partial charge < -0.3 is 10.6 Å². The summed E-state index contributed by atoms with van der Waals surface area (Å²) in [4.78, 5) is 12.5. The number of H-pyrrole nitrogens is 1. The molecule has 0 saturated carbocycles. The summed E-state index contributed by atoms with van der Waals surface area (Å²) >= 11 is 0. The lowest BCUT2D eigenvalue weighted by atomic mass is 9.81. The fraction of sp³-hybridized carbons (Fsp3) is 0.412. The largest absolute Gasteiger partial charge is 0.351 e. The Morgan fingerprint density at radius 2 is 2.00 bits per heavy atom. The number of aromatic amines is 1.